The Hall–Kier alpha value is -0.0800. The van der Waals surface area contributed by atoms with Crippen LogP contribution in [0.15, 0.2) is 0 Å². The van der Waals surface area contributed by atoms with E-state index in [4.69, 9.17) is 0 Å². The van der Waals surface area contributed by atoms with E-state index in [1.807, 2.05) is 0 Å². The highest BCUT2D eigenvalue weighted by Crippen LogP contribution is 2.11. The molecular weight excluding hydrogens is 400 g/mol. The van der Waals surface area contributed by atoms with Gasteiger partial charge in [-0.2, -0.15) is 0 Å². The second-order valence-corrected chi connectivity index (χ2v) is 10.9. The molecule has 0 fully saturated rings. The van der Waals surface area contributed by atoms with E-state index in [-0.39, 0.29) is 0 Å². The number of unbranched alkanes of at least 4 members (excludes halogenated alkanes) is 18. The van der Waals surface area contributed by atoms with Crippen molar-refractivity contribution in [2.24, 2.45) is 0 Å². The van der Waals surface area contributed by atoms with Gasteiger partial charge in [0.25, 0.3) is 0 Å². The van der Waals surface area contributed by atoms with Gasteiger partial charge < -0.3 is 9.80 Å². The zero-order valence-corrected chi connectivity index (χ0v) is 24.0. The van der Waals surface area contributed by atoms with Crippen molar-refractivity contribution in [3.63, 3.8) is 0 Å². The van der Waals surface area contributed by atoms with Gasteiger partial charge in [-0.3, -0.25) is 0 Å². The molecule has 2 heteroatoms. The second-order valence-electron chi connectivity index (χ2n) is 10.9. The molecule has 0 aliphatic rings. The number of rotatable bonds is 28. The van der Waals surface area contributed by atoms with Crippen LogP contribution in [0.1, 0.15) is 162 Å². The summed E-state index contributed by atoms with van der Waals surface area (Å²) in [7, 11) is 2.34. The molecule has 0 heterocycles. The molecule has 0 unspecified atom stereocenters. The van der Waals surface area contributed by atoms with Crippen molar-refractivity contribution in [3.05, 3.63) is 0 Å². The Morgan fingerprint density at radius 3 is 0.970 bits per heavy atom. The van der Waals surface area contributed by atoms with Gasteiger partial charge in [-0.25, -0.2) is 0 Å². The van der Waals surface area contributed by atoms with Crippen molar-refractivity contribution in [1.82, 2.24) is 9.80 Å². The number of hydrogen-bond donors (Lipinski definition) is 0. The average molecular weight is 467 g/mol. The summed E-state index contributed by atoms with van der Waals surface area (Å²) >= 11 is 0. The normalized spacial score (nSPS) is 11.8. The van der Waals surface area contributed by atoms with Crippen LogP contribution < -0.4 is 0 Å². The van der Waals surface area contributed by atoms with Gasteiger partial charge in [-0.05, 0) is 65.5 Å². The quantitative estimate of drug-likeness (QED) is 0.106. The molecule has 0 bridgehead atoms. The van der Waals surface area contributed by atoms with Crippen LogP contribution in [0.5, 0.6) is 0 Å². The highest BCUT2D eigenvalue weighted by atomic mass is 15.1. The third kappa shape index (κ3) is 26.4. The molecule has 0 N–H and O–H groups in total. The van der Waals surface area contributed by atoms with Gasteiger partial charge in [0.05, 0.1) is 0 Å². The molecule has 0 aromatic carbocycles. The van der Waals surface area contributed by atoms with Crippen LogP contribution in [0, 0.1) is 0 Å². The number of nitrogens with zero attached hydrogens (tertiary/aromatic N) is 2. The minimum atomic E-state index is 1.28. The summed E-state index contributed by atoms with van der Waals surface area (Å²) in [5.41, 5.74) is 0. The first kappa shape index (κ1) is 32.9. The Balaban J connectivity index is 3.94. The third-order valence-electron chi connectivity index (χ3n) is 7.31. The lowest BCUT2D eigenvalue weighted by atomic mass is 10.1. The maximum atomic E-state index is 2.81. The summed E-state index contributed by atoms with van der Waals surface area (Å²) < 4.78 is 0. The zero-order valence-electron chi connectivity index (χ0n) is 24.0. The Kier molecular flexibility index (Phi) is 28.1. The first-order valence-electron chi connectivity index (χ1n) is 15.6. The third-order valence-corrected chi connectivity index (χ3v) is 7.31. The van der Waals surface area contributed by atoms with Gasteiger partial charge in [0.2, 0.25) is 0 Å². The molecule has 0 amide bonds. The summed E-state index contributed by atoms with van der Waals surface area (Å²) in [6.45, 7) is 13.5. The minimum absolute atomic E-state index is 1.28. The summed E-state index contributed by atoms with van der Waals surface area (Å²) in [5.74, 6) is 0. The maximum absolute atomic E-state index is 2.81. The number of hydrogen-bond acceptors (Lipinski definition) is 2. The van der Waals surface area contributed by atoms with Gasteiger partial charge in [0.15, 0.2) is 0 Å². The highest BCUT2D eigenvalue weighted by Gasteiger charge is 2.06. The highest BCUT2D eigenvalue weighted by molar-refractivity contribution is 4.62. The Bertz CT molecular complexity index is 326. The summed E-state index contributed by atoms with van der Waals surface area (Å²) in [5, 5.41) is 0. The van der Waals surface area contributed by atoms with Crippen molar-refractivity contribution >= 4 is 0 Å². The van der Waals surface area contributed by atoms with E-state index in [1.165, 1.54) is 174 Å². The Labute approximate surface area is 211 Å². The molecular formula is C31H66N2. The molecule has 0 spiro atoms. The van der Waals surface area contributed by atoms with Crippen LogP contribution in [-0.2, 0) is 0 Å². The molecule has 2 nitrogen and oxygen atoms in total. The van der Waals surface area contributed by atoms with Crippen molar-refractivity contribution in [2.75, 3.05) is 39.8 Å². The molecule has 0 saturated carbocycles. The fourth-order valence-corrected chi connectivity index (χ4v) is 4.94. The van der Waals surface area contributed by atoms with Crippen molar-refractivity contribution in [2.45, 2.75) is 162 Å². The molecule has 0 aliphatic heterocycles. The van der Waals surface area contributed by atoms with E-state index < -0.39 is 0 Å². The monoisotopic (exact) mass is 467 g/mol. The van der Waals surface area contributed by atoms with Crippen LogP contribution in [-0.4, -0.2) is 49.6 Å². The first-order valence-corrected chi connectivity index (χ1v) is 15.6. The molecule has 0 saturated heterocycles. The largest absolute Gasteiger partial charge is 0.306 e. The van der Waals surface area contributed by atoms with Gasteiger partial charge in [0.1, 0.15) is 0 Å². The van der Waals surface area contributed by atoms with Crippen LogP contribution in [0.3, 0.4) is 0 Å². The van der Waals surface area contributed by atoms with E-state index in [9.17, 15) is 0 Å². The molecule has 0 aromatic heterocycles. The van der Waals surface area contributed by atoms with Crippen molar-refractivity contribution in [1.29, 1.82) is 0 Å². The second kappa shape index (κ2) is 28.2. The SMILES string of the molecule is CCCCCCCCCN(C)CCCN(CCCCCCCCC)CCCCCCCCC. The van der Waals surface area contributed by atoms with Gasteiger partial charge in [-0.15, -0.1) is 0 Å². The Morgan fingerprint density at radius 1 is 0.303 bits per heavy atom. The predicted octanol–water partition coefficient (Wildman–Crippen LogP) is 9.86. The van der Waals surface area contributed by atoms with E-state index >= 15 is 0 Å². The van der Waals surface area contributed by atoms with Gasteiger partial charge >= 0.3 is 0 Å². The minimum Gasteiger partial charge on any atom is -0.306 e. The lowest BCUT2D eigenvalue weighted by Crippen LogP contribution is -2.30. The summed E-state index contributed by atoms with van der Waals surface area (Å²) in [6.07, 6.45) is 31.3. The first-order chi connectivity index (χ1) is 16.2. The fraction of sp³-hybridized carbons (Fsp3) is 1.00. The van der Waals surface area contributed by atoms with E-state index in [1.54, 1.807) is 0 Å². The van der Waals surface area contributed by atoms with E-state index in [0.717, 1.165) is 0 Å². The van der Waals surface area contributed by atoms with Gasteiger partial charge in [0, 0.05) is 0 Å². The van der Waals surface area contributed by atoms with Crippen molar-refractivity contribution < 1.29 is 0 Å². The standard InChI is InChI=1S/C31H66N2/c1-5-8-11-14-17-20-23-27-32(4)28-26-31-33(29-24-21-18-15-12-9-6-2)30-25-22-19-16-13-10-7-3/h5-31H2,1-4H3. The summed E-state index contributed by atoms with van der Waals surface area (Å²) in [4.78, 5) is 5.39. The fourth-order valence-electron chi connectivity index (χ4n) is 4.94. The van der Waals surface area contributed by atoms with Crippen LogP contribution in [0.2, 0.25) is 0 Å². The van der Waals surface area contributed by atoms with Gasteiger partial charge in [-0.1, -0.05) is 136 Å². The smallest absolute Gasteiger partial charge is 0.000655 e. The lowest BCUT2D eigenvalue weighted by Gasteiger charge is -2.24. The molecule has 33 heavy (non-hydrogen) atoms. The molecule has 0 aliphatic carbocycles. The van der Waals surface area contributed by atoms with Crippen LogP contribution in [0.25, 0.3) is 0 Å². The molecule has 0 aromatic rings. The van der Waals surface area contributed by atoms with Crippen LogP contribution >= 0.6 is 0 Å². The summed E-state index contributed by atoms with van der Waals surface area (Å²) in [6, 6.07) is 0. The Morgan fingerprint density at radius 2 is 0.576 bits per heavy atom. The van der Waals surface area contributed by atoms with Crippen molar-refractivity contribution in [3.8, 4) is 0 Å². The lowest BCUT2D eigenvalue weighted by molar-refractivity contribution is 0.234. The van der Waals surface area contributed by atoms with E-state index in [0.29, 0.717) is 0 Å². The molecule has 0 radical (unpaired) electrons. The average Bonchev–Trinajstić information content (AvgIpc) is 2.81. The van der Waals surface area contributed by atoms with E-state index in [2.05, 4.69) is 37.6 Å². The molecule has 0 rings (SSSR count). The molecule has 0 atom stereocenters. The predicted molar refractivity (Wildman–Crippen MR) is 153 cm³/mol. The zero-order chi connectivity index (χ0) is 24.2. The topological polar surface area (TPSA) is 6.48 Å². The maximum Gasteiger partial charge on any atom is -0.000655 e. The van der Waals surface area contributed by atoms with Crippen LogP contribution in [0.4, 0.5) is 0 Å². The molecule has 200 valence electrons.